The molecular formula is C15H23FN2O. The molecule has 3 nitrogen and oxygen atoms in total. The highest BCUT2D eigenvalue weighted by molar-refractivity contribution is 5.77. The lowest BCUT2D eigenvalue weighted by molar-refractivity contribution is -0.120. The number of hydrogen-bond acceptors (Lipinski definition) is 2. The Labute approximate surface area is 114 Å². The summed E-state index contributed by atoms with van der Waals surface area (Å²) in [6.07, 6.45) is 2.90. The number of unbranched alkanes of at least 4 members (excludes halogenated alkanes) is 1. The van der Waals surface area contributed by atoms with E-state index in [2.05, 4.69) is 17.6 Å². The molecule has 1 aromatic rings. The Balaban J connectivity index is 2.18. The lowest BCUT2D eigenvalue weighted by atomic mass is 10.1. The quantitative estimate of drug-likeness (QED) is 0.708. The molecule has 0 heterocycles. The van der Waals surface area contributed by atoms with Crippen molar-refractivity contribution in [3.05, 3.63) is 35.1 Å². The van der Waals surface area contributed by atoms with Crippen molar-refractivity contribution in [1.29, 1.82) is 0 Å². The van der Waals surface area contributed by atoms with Crippen LogP contribution in [0.25, 0.3) is 0 Å². The molecule has 1 amide bonds. The van der Waals surface area contributed by atoms with E-state index in [-0.39, 0.29) is 11.7 Å². The van der Waals surface area contributed by atoms with E-state index in [1.807, 2.05) is 6.92 Å². The lowest BCUT2D eigenvalue weighted by Gasteiger charge is -2.08. The van der Waals surface area contributed by atoms with Gasteiger partial charge in [-0.3, -0.25) is 4.79 Å². The smallest absolute Gasteiger partial charge is 0.233 e. The van der Waals surface area contributed by atoms with Gasteiger partial charge >= 0.3 is 0 Å². The minimum absolute atomic E-state index is 0.0317. The molecule has 2 N–H and O–H groups in total. The molecule has 0 aliphatic rings. The van der Waals surface area contributed by atoms with E-state index in [9.17, 15) is 9.18 Å². The maximum Gasteiger partial charge on any atom is 0.233 e. The van der Waals surface area contributed by atoms with Crippen LogP contribution < -0.4 is 10.6 Å². The van der Waals surface area contributed by atoms with Crippen molar-refractivity contribution in [2.45, 2.75) is 33.1 Å². The Bertz CT molecular complexity index is 407. The van der Waals surface area contributed by atoms with E-state index < -0.39 is 0 Å². The summed E-state index contributed by atoms with van der Waals surface area (Å²) >= 11 is 0. The van der Waals surface area contributed by atoms with Crippen molar-refractivity contribution in [1.82, 2.24) is 10.6 Å². The van der Waals surface area contributed by atoms with Crippen LogP contribution in [0.4, 0.5) is 4.39 Å². The van der Waals surface area contributed by atoms with Gasteiger partial charge in [0.25, 0.3) is 0 Å². The van der Waals surface area contributed by atoms with Crippen LogP contribution in [0.15, 0.2) is 18.2 Å². The fourth-order valence-corrected chi connectivity index (χ4v) is 1.83. The molecule has 0 saturated heterocycles. The number of benzene rings is 1. The monoisotopic (exact) mass is 266 g/mol. The topological polar surface area (TPSA) is 41.1 Å². The van der Waals surface area contributed by atoms with Gasteiger partial charge in [0.05, 0.1) is 6.54 Å². The minimum atomic E-state index is -0.204. The van der Waals surface area contributed by atoms with Gasteiger partial charge in [-0.15, -0.1) is 0 Å². The Morgan fingerprint density at radius 1 is 1.32 bits per heavy atom. The SMILES string of the molecule is CCCCNC(=O)CNCCc1ccc(F)cc1C. The van der Waals surface area contributed by atoms with E-state index in [1.165, 1.54) is 12.1 Å². The summed E-state index contributed by atoms with van der Waals surface area (Å²) in [5.74, 6) is -0.172. The van der Waals surface area contributed by atoms with E-state index in [0.717, 1.165) is 36.9 Å². The van der Waals surface area contributed by atoms with Crippen molar-refractivity contribution in [3.8, 4) is 0 Å². The molecule has 0 fully saturated rings. The predicted octanol–water partition coefficient (Wildman–Crippen LogP) is 2.18. The molecule has 0 radical (unpaired) electrons. The molecule has 0 aromatic heterocycles. The zero-order valence-electron chi connectivity index (χ0n) is 11.8. The van der Waals surface area contributed by atoms with Crippen LogP contribution in [-0.2, 0) is 11.2 Å². The van der Waals surface area contributed by atoms with E-state index in [4.69, 9.17) is 0 Å². The van der Waals surface area contributed by atoms with Gasteiger partial charge in [0.2, 0.25) is 5.91 Å². The molecule has 19 heavy (non-hydrogen) atoms. The number of amides is 1. The highest BCUT2D eigenvalue weighted by Gasteiger charge is 2.02. The fourth-order valence-electron chi connectivity index (χ4n) is 1.83. The first-order chi connectivity index (χ1) is 9.13. The summed E-state index contributed by atoms with van der Waals surface area (Å²) < 4.78 is 12.9. The van der Waals surface area contributed by atoms with Crippen LogP contribution >= 0.6 is 0 Å². The zero-order chi connectivity index (χ0) is 14.1. The van der Waals surface area contributed by atoms with E-state index >= 15 is 0 Å². The summed E-state index contributed by atoms with van der Waals surface area (Å²) in [7, 11) is 0. The first-order valence-electron chi connectivity index (χ1n) is 6.86. The number of aryl methyl sites for hydroxylation is 1. The molecule has 0 saturated carbocycles. The Morgan fingerprint density at radius 2 is 2.11 bits per heavy atom. The molecule has 0 aliphatic heterocycles. The zero-order valence-corrected chi connectivity index (χ0v) is 11.8. The molecule has 1 rings (SSSR count). The van der Waals surface area contributed by atoms with E-state index in [0.29, 0.717) is 13.1 Å². The van der Waals surface area contributed by atoms with Crippen molar-refractivity contribution in [2.75, 3.05) is 19.6 Å². The van der Waals surface area contributed by atoms with Gasteiger partial charge in [-0.25, -0.2) is 4.39 Å². The van der Waals surface area contributed by atoms with Crippen molar-refractivity contribution >= 4 is 5.91 Å². The minimum Gasteiger partial charge on any atom is -0.355 e. The molecular weight excluding hydrogens is 243 g/mol. The molecule has 4 heteroatoms. The van der Waals surface area contributed by atoms with Gasteiger partial charge in [-0.2, -0.15) is 0 Å². The largest absolute Gasteiger partial charge is 0.355 e. The van der Waals surface area contributed by atoms with Gasteiger partial charge < -0.3 is 10.6 Å². The third-order valence-electron chi connectivity index (χ3n) is 3.01. The van der Waals surface area contributed by atoms with Crippen LogP contribution in [0.1, 0.15) is 30.9 Å². The number of carbonyl (C=O) groups excluding carboxylic acids is 1. The summed E-state index contributed by atoms with van der Waals surface area (Å²) in [6.45, 7) is 5.79. The molecule has 0 atom stereocenters. The average Bonchev–Trinajstić information content (AvgIpc) is 2.37. The Hall–Kier alpha value is -1.42. The normalized spacial score (nSPS) is 10.5. The van der Waals surface area contributed by atoms with Crippen LogP contribution in [0.2, 0.25) is 0 Å². The van der Waals surface area contributed by atoms with Gasteiger partial charge in [-0.05, 0) is 49.6 Å². The second kappa shape index (κ2) is 8.64. The average molecular weight is 266 g/mol. The highest BCUT2D eigenvalue weighted by atomic mass is 19.1. The highest BCUT2D eigenvalue weighted by Crippen LogP contribution is 2.10. The summed E-state index contributed by atoms with van der Waals surface area (Å²) in [4.78, 5) is 11.4. The molecule has 0 unspecified atom stereocenters. The maximum atomic E-state index is 12.9. The summed E-state index contributed by atoms with van der Waals surface area (Å²) in [5.41, 5.74) is 2.06. The standard InChI is InChI=1S/C15H23FN2O/c1-3-4-8-18-15(19)11-17-9-7-13-5-6-14(16)10-12(13)2/h5-6,10,17H,3-4,7-9,11H2,1-2H3,(H,18,19). The van der Waals surface area contributed by atoms with Crippen molar-refractivity contribution < 1.29 is 9.18 Å². The Morgan fingerprint density at radius 3 is 2.79 bits per heavy atom. The van der Waals surface area contributed by atoms with Crippen LogP contribution in [0.5, 0.6) is 0 Å². The van der Waals surface area contributed by atoms with Crippen LogP contribution in [-0.4, -0.2) is 25.5 Å². The lowest BCUT2D eigenvalue weighted by Crippen LogP contribution is -2.35. The van der Waals surface area contributed by atoms with Gasteiger partial charge in [0.15, 0.2) is 0 Å². The van der Waals surface area contributed by atoms with Gasteiger partial charge in [0, 0.05) is 6.54 Å². The number of rotatable bonds is 8. The summed E-state index contributed by atoms with van der Waals surface area (Å²) in [6, 6.07) is 4.81. The molecule has 106 valence electrons. The van der Waals surface area contributed by atoms with Crippen molar-refractivity contribution in [3.63, 3.8) is 0 Å². The number of carbonyl (C=O) groups is 1. The van der Waals surface area contributed by atoms with Crippen LogP contribution in [0, 0.1) is 12.7 Å². The third-order valence-corrected chi connectivity index (χ3v) is 3.01. The number of halogens is 1. The molecule has 0 spiro atoms. The fraction of sp³-hybridized carbons (Fsp3) is 0.533. The predicted molar refractivity (Wildman–Crippen MR) is 75.6 cm³/mol. The van der Waals surface area contributed by atoms with E-state index in [1.54, 1.807) is 6.07 Å². The molecule has 1 aromatic carbocycles. The Kier molecular flexibility index (Phi) is 7.11. The first kappa shape index (κ1) is 15.6. The number of hydrogen-bond donors (Lipinski definition) is 2. The van der Waals surface area contributed by atoms with Gasteiger partial charge in [0.1, 0.15) is 5.82 Å². The molecule has 0 aliphatic carbocycles. The second-order valence-corrected chi connectivity index (χ2v) is 4.70. The third kappa shape index (κ3) is 6.34. The first-order valence-corrected chi connectivity index (χ1v) is 6.86. The van der Waals surface area contributed by atoms with Crippen molar-refractivity contribution in [2.24, 2.45) is 0 Å². The maximum absolute atomic E-state index is 12.9. The van der Waals surface area contributed by atoms with Crippen LogP contribution in [0.3, 0.4) is 0 Å². The van der Waals surface area contributed by atoms with Gasteiger partial charge in [-0.1, -0.05) is 19.4 Å². The second-order valence-electron chi connectivity index (χ2n) is 4.70. The summed E-state index contributed by atoms with van der Waals surface area (Å²) in [5, 5.41) is 5.95. The number of nitrogens with one attached hydrogen (secondary N) is 2. The molecule has 0 bridgehead atoms.